The van der Waals surface area contributed by atoms with Crippen LogP contribution in [0.2, 0.25) is 0 Å². The van der Waals surface area contributed by atoms with Crippen LogP contribution in [-0.2, 0) is 14.2 Å². The number of allylic oxidation sites excluding steroid dienone is 5. The van der Waals surface area contributed by atoms with E-state index in [1.54, 1.807) is 5.57 Å². The van der Waals surface area contributed by atoms with Crippen molar-refractivity contribution < 1.29 is 14.2 Å². The van der Waals surface area contributed by atoms with Crippen LogP contribution in [0.3, 0.4) is 0 Å². The van der Waals surface area contributed by atoms with E-state index in [4.69, 9.17) is 14.2 Å². The van der Waals surface area contributed by atoms with Crippen LogP contribution in [0.4, 0.5) is 0 Å². The standard InChI is InChI=1S/C55H99NO3/c1-9-10-11-12-13-14-15-16-17-18-19-20-21-22-23-25-39-57-44-49(43-56(7)8)59-41-27-24-26-40-58-48-35-37-54(5)47(42-48)31-32-50-52-34-33-51(46(4)30-28-29-45(2)3)55(52,6)38-36-53(50)54/h13-14,16-17,31,45-46,48-53H,9-12,15,18-30,32-44H2,1-8H3/b14-13-,17-16-/t46?,48-,49?,50?,51?,52?,53?,54-,55+/m0/s1. The number of rotatable bonds is 32. The molecule has 4 nitrogen and oxygen atoms in total. The summed E-state index contributed by atoms with van der Waals surface area (Å²) in [5.74, 6) is 5.45. The fourth-order valence-electron chi connectivity index (χ4n) is 12.6. The lowest BCUT2D eigenvalue weighted by atomic mass is 9.47. The van der Waals surface area contributed by atoms with Crippen LogP contribution in [0.1, 0.15) is 208 Å². The Morgan fingerprint density at radius 2 is 1.42 bits per heavy atom. The molecule has 9 atom stereocenters. The van der Waals surface area contributed by atoms with Gasteiger partial charge in [-0.05, 0) is 170 Å². The van der Waals surface area contributed by atoms with Crippen LogP contribution in [0.15, 0.2) is 36.0 Å². The Labute approximate surface area is 367 Å². The lowest BCUT2D eigenvalue weighted by Crippen LogP contribution is -2.51. The van der Waals surface area contributed by atoms with Crippen molar-refractivity contribution in [2.24, 2.45) is 46.3 Å². The quantitative estimate of drug-likeness (QED) is 0.0500. The SMILES string of the molecule is CCCCC/C=C\C/C=C\CCCCCCCCOCC(CN(C)C)OCCCCCO[C@H]1CC[C@@]2(C)C(=CCC3C4CCC(C(C)CCCC(C)C)[C@@]4(C)CCC32)C1. The molecule has 0 aromatic rings. The molecule has 4 aliphatic rings. The van der Waals surface area contributed by atoms with Gasteiger partial charge in [-0.15, -0.1) is 0 Å². The van der Waals surface area contributed by atoms with Crippen molar-refractivity contribution in [3.8, 4) is 0 Å². The average molecular weight is 822 g/mol. The van der Waals surface area contributed by atoms with Gasteiger partial charge in [0.2, 0.25) is 0 Å². The van der Waals surface area contributed by atoms with Crippen LogP contribution in [0.5, 0.6) is 0 Å². The molecule has 4 aliphatic carbocycles. The minimum atomic E-state index is 0.155. The first kappa shape index (κ1) is 50.7. The fraction of sp³-hybridized carbons (Fsp3) is 0.891. The van der Waals surface area contributed by atoms with Crippen molar-refractivity contribution in [3.05, 3.63) is 36.0 Å². The third kappa shape index (κ3) is 16.9. The molecular formula is C55H99NO3. The van der Waals surface area contributed by atoms with Crippen molar-refractivity contribution in [1.29, 1.82) is 0 Å². The van der Waals surface area contributed by atoms with Gasteiger partial charge < -0.3 is 19.1 Å². The van der Waals surface area contributed by atoms with E-state index in [0.29, 0.717) is 23.5 Å². The van der Waals surface area contributed by atoms with Gasteiger partial charge in [0.15, 0.2) is 0 Å². The van der Waals surface area contributed by atoms with E-state index in [0.717, 1.165) is 87.6 Å². The molecule has 0 heterocycles. The summed E-state index contributed by atoms with van der Waals surface area (Å²) < 4.78 is 19.1. The van der Waals surface area contributed by atoms with E-state index < -0.39 is 0 Å². The highest BCUT2D eigenvalue weighted by molar-refractivity contribution is 5.25. The molecule has 0 aromatic carbocycles. The van der Waals surface area contributed by atoms with Crippen LogP contribution < -0.4 is 0 Å². The largest absolute Gasteiger partial charge is 0.379 e. The third-order valence-corrected chi connectivity index (χ3v) is 16.1. The first-order valence-electron chi connectivity index (χ1n) is 26.0. The fourth-order valence-corrected chi connectivity index (χ4v) is 12.6. The van der Waals surface area contributed by atoms with Crippen molar-refractivity contribution >= 4 is 0 Å². The molecular weight excluding hydrogens is 723 g/mol. The second kappa shape index (κ2) is 28.0. The monoisotopic (exact) mass is 822 g/mol. The van der Waals surface area contributed by atoms with Crippen LogP contribution in [0, 0.1) is 46.3 Å². The highest BCUT2D eigenvalue weighted by Gasteiger charge is 2.59. The summed E-state index contributed by atoms with van der Waals surface area (Å²) in [5, 5.41) is 0. The van der Waals surface area contributed by atoms with Gasteiger partial charge in [0.1, 0.15) is 0 Å². The van der Waals surface area contributed by atoms with Gasteiger partial charge in [-0.2, -0.15) is 0 Å². The van der Waals surface area contributed by atoms with Gasteiger partial charge in [0.05, 0.1) is 18.8 Å². The lowest BCUT2D eigenvalue weighted by molar-refractivity contribution is -0.0642. The molecule has 0 amide bonds. The summed E-state index contributed by atoms with van der Waals surface area (Å²) in [6.45, 7) is 19.3. The Hall–Kier alpha value is -0.940. The molecule has 0 saturated heterocycles. The highest BCUT2D eigenvalue weighted by Crippen LogP contribution is 2.67. The molecule has 0 aromatic heterocycles. The number of likely N-dealkylation sites (N-methyl/N-ethyl adjacent to an activating group) is 1. The van der Waals surface area contributed by atoms with E-state index in [-0.39, 0.29) is 6.10 Å². The van der Waals surface area contributed by atoms with Gasteiger partial charge in [-0.1, -0.05) is 135 Å². The highest BCUT2D eigenvalue weighted by atomic mass is 16.5. The first-order chi connectivity index (χ1) is 28.6. The van der Waals surface area contributed by atoms with Gasteiger partial charge in [-0.3, -0.25) is 0 Å². The molecule has 4 heteroatoms. The molecule has 4 rings (SSSR count). The summed E-state index contributed by atoms with van der Waals surface area (Å²) >= 11 is 0. The summed E-state index contributed by atoms with van der Waals surface area (Å²) in [4.78, 5) is 2.23. The van der Waals surface area contributed by atoms with Crippen LogP contribution in [0.25, 0.3) is 0 Å². The van der Waals surface area contributed by atoms with Crippen LogP contribution >= 0.6 is 0 Å². The zero-order valence-corrected chi connectivity index (χ0v) is 40.6. The van der Waals surface area contributed by atoms with E-state index in [1.807, 2.05) is 0 Å². The lowest BCUT2D eigenvalue weighted by Gasteiger charge is -2.58. The van der Waals surface area contributed by atoms with Gasteiger partial charge in [-0.25, -0.2) is 0 Å². The Kier molecular flexibility index (Phi) is 24.0. The number of hydrogen-bond acceptors (Lipinski definition) is 4. The van der Waals surface area contributed by atoms with Gasteiger partial charge in [0, 0.05) is 26.4 Å². The average Bonchev–Trinajstić information content (AvgIpc) is 3.57. The van der Waals surface area contributed by atoms with E-state index >= 15 is 0 Å². The van der Waals surface area contributed by atoms with E-state index in [1.165, 1.54) is 141 Å². The minimum Gasteiger partial charge on any atom is -0.379 e. The molecule has 342 valence electrons. The molecule has 0 bridgehead atoms. The number of nitrogens with zero attached hydrogens (tertiary/aromatic N) is 1. The molecule has 6 unspecified atom stereocenters. The van der Waals surface area contributed by atoms with Crippen molar-refractivity contribution in [1.82, 2.24) is 4.90 Å². The number of hydrogen-bond donors (Lipinski definition) is 0. The summed E-state index contributed by atoms with van der Waals surface area (Å²) in [6.07, 6.45) is 46.8. The summed E-state index contributed by atoms with van der Waals surface area (Å²) in [5.41, 5.74) is 2.76. The van der Waals surface area contributed by atoms with Crippen molar-refractivity contribution in [2.75, 3.05) is 47.1 Å². The number of ether oxygens (including phenoxy) is 3. The van der Waals surface area contributed by atoms with Crippen LogP contribution in [-0.4, -0.2) is 64.2 Å². The Balaban J connectivity index is 1.02. The maximum absolute atomic E-state index is 6.60. The zero-order chi connectivity index (χ0) is 42.4. The zero-order valence-electron chi connectivity index (χ0n) is 40.6. The summed E-state index contributed by atoms with van der Waals surface area (Å²) in [6, 6.07) is 0. The van der Waals surface area contributed by atoms with Gasteiger partial charge >= 0.3 is 0 Å². The van der Waals surface area contributed by atoms with Crippen molar-refractivity contribution in [3.63, 3.8) is 0 Å². The Morgan fingerprint density at radius 3 is 2.17 bits per heavy atom. The molecule has 0 radical (unpaired) electrons. The first-order valence-corrected chi connectivity index (χ1v) is 26.0. The predicted molar refractivity (Wildman–Crippen MR) is 255 cm³/mol. The Bertz CT molecular complexity index is 1190. The summed E-state index contributed by atoms with van der Waals surface area (Å²) in [7, 11) is 4.27. The predicted octanol–water partition coefficient (Wildman–Crippen LogP) is 15.4. The van der Waals surface area contributed by atoms with E-state index in [9.17, 15) is 0 Å². The second-order valence-corrected chi connectivity index (χ2v) is 21.5. The topological polar surface area (TPSA) is 30.9 Å². The smallest absolute Gasteiger partial charge is 0.0934 e. The molecule has 0 N–H and O–H groups in total. The third-order valence-electron chi connectivity index (χ3n) is 16.1. The molecule has 3 saturated carbocycles. The minimum absolute atomic E-state index is 0.155. The van der Waals surface area contributed by atoms with Gasteiger partial charge in [0.25, 0.3) is 0 Å². The second-order valence-electron chi connectivity index (χ2n) is 21.5. The molecule has 0 spiro atoms. The normalized spacial score (nSPS) is 29.3. The maximum Gasteiger partial charge on any atom is 0.0934 e. The number of unbranched alkanes of at least 4 members (excludes halogenated alkanes) is 11. The van der Waals surface area contributed by atoms with E-state index in [2.05, 4.69) is 90.9 Å². The molecule has 59 heavy (non-hydrogen) atoms. The number of fused-ring (bicyclic) bond motifs is 5. The Morgan fingerprint density at radius 1 is 0.729 bits per heavy atom. The molecule has 3 fully saturated rings. The van der Waals surface area contributed by atoms with Crippen molar-refractivity contribution in [2.45, 2.75) is 221 Å². The maximum atomic E-state index is 6.60. The molecule has 0 aliphatic heterocycles.